The Morgan fingerprint density at radius 2 is 2.20 bits per heavy atom. The SMILES string of the molecule is Cc1nn(C)c(F)c1C=NNC(=O)c1nn(C)cc1Br. The van der Waals surface area contributed by atoms with Crippen molar-refractivity contribution in [2.75, 3.05) is 0 Å². The lowest BCUT2D eigenvalue weighted by Crippen LogP contribution is -2.19. The van der Waals surface area contributed by atoms with Crippen LogP contribution >= 0.6 is 15.9 Å². The quantitative estimate of drug-likeness (QED) is 0.670. The molecule has 0 atom stereocenters. The van der Waals surface area contributed by atoms with Gasteiger partial charge in [-0.1, -0.05) is 0 Å². The van der Waals surface area contributed by atoms with Crippen molar-refractivity contribution in [2.24, 2.45) is 19.2 Å². The van der Waals surface area contributed by atoms with Crippen molar-refractivity contribution in [3.8, 4) is 0 Å². The zero-order chi connectivity index (χ0) is 14.9. The number of carbonyl (C=O) groups excluding carboxylic acids is 1. The van der Waals surface area contributed by atoms with Crippen LogP contribution in [0.5, 0.6) is 0 Å². The van der Waals surface area contributed by atoms with Crippen LogP contribution in [0.25, 0.3) is 0 Å². The van der Waals surface area contributed by atoms with Crippen LogP contribution < -0.4 is 5.43 Å². The number of aryl methyl sites for hydroxylation is 3. The molecule has 9 heteroatoms. The molecule has 0 spiro atoms. The van der Waals surface area contributed by atoms with Gasteiger partial charge in [-0.15, -0.1) is 0 Å². The molecule has 0 fully saturated rings. The monoisotopic (exact) mass is 342 g/mol. The summed E-state index contributed by atoms with van der Waals surface area (Å²) in [4.78, 5) is 11.8. The molecule has 0 aliphatic rings. The average molecular weight is 343 g/mol. The Balaban J connectivity index is 2.10. The number of halogens is 2. The van der Waals surface area contributed by atoms with E-state index in [0.717, 1.165) is 4.68 Å². The largest absolute Gasteiger partial charge is 0.293 e. The molecule has 0 saturated carbocycles. The number of nitrogens with zero attached hydrogens (tertiary/aromatic N) is 5. The summed E-state index contributed by atoms with van der Waals surface area (Å²) in [7, 11) is 3.18. The maximum Gasteiger partial charge on any atom is 0.293 e. The number of hydrogen-bond donors (Lipinski definition) is 1. The lowest BCUT2D eigenvalue weighted by molar-refractivity contribution is 0.0948. The van der Waals surface area contributed by atoms with Gasteiger partial charge < -0.3 is 0 Å². The molecule has 0 aliphatic carbocycles. The van der Waals surface area contributed by atoms with Gasteiger partial charge in [-0.25, -0.2) is 10.1 Å². The predicted octanol–water partition coefficient (Wildman–Crippen LogP) is 1.13. The van der Waals surface area contributed by atoms with Crippen LogP contribution in [0.2, 0.25) is 0 Å². The maximum atomic E-state index is 13.6. The fourth-order valence-electron chi connectivity index (χ4n) is 1.61. The fourth-order valence-corrected chi connectivity index (χ4v) is 2.17. The summed E-state index contributed by atoms with van der Waals surface area (Å²) in [5.41, 5.74) is 3.21. The van der Waals surface area contributed by atoms with Crippen molar-refractivity contribution < 1.29 is 9.18 Å². The van der Waals surface area contributed by atoms with Crippen LogP contribution in [-0.4, -0.2) is 31.7 Å². The van der Waals surface area contributed by atoms with Crippen LogP contribution in [0.1, 0.15) is 21.7 Å². The topological polar surface area (TPSA) is 77.1 Å². The molecule has 0 bridgehead atoms. The van der Waals surface area contributed by atoms with Gasteiger partial charge in [-0.3, -0.25) is 9.48 Å². The number of amides is 1. The number of hydrazone groups is 1. The Morgan fingerprint density at radius 1 is 1.50 bits per heavy atom. The third kappa shape index (κ3) is 2.77. The van der Waals surface area contributed by atoms with Gasteiger partial charge in [0.15, 0.2) is 5.69 Å². The third-order valence-corrected chi connectivity index (χ3v) is 3.14. The summed E-state index contributed by atoms with van der Waals surface area (Å²) < 4.78 is 16.8. The molecular formula is C11H12BrFN6O. The van der Waals surface area contributed by atoms with Crippen molar-refractivity contribution in [3.05, 3.63) is 33.6 Å². The fraction of sp³-hybridized carbons (Fsp3) is 0.273. The van der Waals surface area contributed by atoms with Crippen LogP contribution in [0.3, 0.4) is 0 Å². The van der Waals surface area contributed by atoms with E-state index in [1.807, 2.05) is 0 Å². The first-order valence-electron chi connectivity index (χ1n) is 5.61. The van der Waals surface area contributed by atoms with E-state index >= 15 is 0 Å². The minimum absolute atomic E-state index is 0.202. The molecule has 0 radical (unpaired) electrons. The van der Waals surface area contributed by atoms with Crippen LogP contribution in [-0.2, 0) is 14.1 Å². The first-order chi connectivity index (χ1) is 9.40. The summed E-state index contributed by atoms with van der Waals surface area (Å²) in [6.45, 7) is 1.65. The molecule has 0 aliphatic heterocycles. The van der Waals surface area contributed by atoms with E-state index in [0.29, 0.717) is 10.2 Å². The number of aromatic nitrogens is 4. The van der Waals surface area contributed by atoms with E-state index in [1.54, 1.807) is 20.2 Å². The lowest BCUT2D eigenvalue weighted by atomic mass is 10.3. The molecule has 1 amide bonds. The first kappa shape index (κ1) is 14.4. The zero-order valence-electron chi connectivity index (χ0n) is 11.1. The lowest BCUT2D eigenvalue weighted by Gasteiger charge is -1.96. The summed E-state index contributed by atoms with van der Waals surface area (Å²) in [6.07, 6.45) is 2.86. The highest BCUT2D eigenvalue weighted by Crippen LogP contribution is 2.13. The van der Waals surface area contributed by atoms with Gasteiger partial charge in [-0.05, 0) is 22.9 Å². The normalized spacial score (nSPS) is 11.2. The van der Waals surface area contributed by atoms with E-state index in [9.17, 15) is 9.18 Å². The highest BCUT2D eigenvalue weighted by atomic mass is 79.9. The number of hydrogen-bond acceptors (Lipinski definition) is 4. The van der Waals surface area contributed by atoms with Gasteiger partial charge in [0.25, 0.3) is 5.91 Å². The Kier molecular flexibility index (Phi) is 3.98. The van der Waals surface area contributed by atoms with E-state index in [1.165, 1.54) is 17.9 Å². The molecule has 106 valence electrons. The zero-order valence-corrected chi connectivity index (χ0v) is 12.6. The standard InChI is InChI=1S/C11H12BrFN6O/c1-6-7(10(13)19(3)16-6)4-14-15-11(20)9-8(12)5-18(2)17-9/h4-5H,1-3H3,(H,15,20). The Bertz CT molecular complexity index is 689. The Morgan fingerprint density at radius 3 is 2.70 bits per heavy atom. The Hall–Kier alpha value is -2.03. The molecule has 7 nitrogen and oxygen atoms in total. The number of nitrogens with one attached hydrogen (secondary N) is 1. The summed E-state index contributed by atoms with van der Waals surface area (Å²) in [5.74, 6) is -1.00. The van der Waals surface area contributed by atoms with Crippen molar-refractivity contribution in [3.63, 3.8) is 0 Å². The van der Waals surface area contributed by atoms with E-state index in [-0.39, 0.29) is 11.3 Å². The van der Waals surface area contributed by atoms with Crippen LogP contribution in [0.4, 0.5) is 4.39 Å². The van der Waals surface area contributed by atoms with E-state index in [4.69, 9.17) is 0 Å². The maximum absolute atomic E-state index is 13.6. The molecular weight excluding hydrogens is 331 g/mol. The van der Waals surface area contributed by atoms with Gasteiger partial charge in [0.05, 0.1) is 21.9 Å². The van der Waals surface area contributed by atoms with Crippen molar-refractivity contribution >= 4 is 28.1 Å². The minimum atomic E-state index is -0.514. The Labute approximate surface area is 122 Å². The number of rotatable bonds is 3. The molecule has 20 heavy (non-hydrogen) atoms. The molecule has 0 saturated heterocycles. The van der Waals surface area contributed by atoms with E-state index in [2.05, 4.69) is 36.7 Å². The van der Waals surface area contributed by atoms with Crippen LogP contribution in [0, 0.1) is 12.9 Å². The second kappa shape index (κ2) is 5.53. The average Bonchev–Trinajstić information content (AvgIpc) is 2.82. The molecule has 0 unspecified atom stereocenters. The molecule has 2 aromatic rings. The molecule has 1 N–H and O–H groups in total. The number of carbonyl (C=O) groups is 1. The summed E-state index contributed by atoms with van der Waals surface area (Å²) >= 11 is 3.21. The van der Waals surface area contributed by atoms with Gasteiger partial charge in [0.1, 0.15) is 0 Å². The molecule has 0 aromatic carbocycles. The third-order valence-electron chi connectivity index (χ3n) is 2.56. The van der Waals surface area contributed by atoms with Crippen molar-refractivity contribution in [2.45, 2.75) is 6.92 Å². The van der Waals surface area contributed by atoms with Crippen LogP contribution in [0.15, 0.2) is 15.8 Å². The molecule has 2 aromatic heterocycles. The van der Waals surface area contributed by atoms with Crippen molar-refractivity contribution in [1.82, 2.24) is 25.0 Å². The first-order valence-corrected chi connectivity index (χ1v) is 6.41. The molecule has 2 heterocycles. The highest BCUT2D eigenvalue weighted by molar-refractivity contribution is 9.10. The van der Waals surface area contributed by atoms with Gasteiger partial charge in [0.2, 0.25) is 5.95 Å². The van der Waals surface area contributed by atoms with E-state index < -0.39 is 11.9 Å². The second-order valence-corrected chi connectivity index (χ2v) is 4.97. The highest BCUT2D eigenvalue weighted by Gasteiger charge is 2.14. The second-order valence-electron chi connectivity index (χ2n) is 4.11. The summed E-state index contributed by atoms with van der Waals surface area (Å²) in [6, 6.07) is 0. The van der Waals surface area contributed by atoms with Crippen molar-refractivity contribution in [1.29, 1.82) is 0 Å². The predicted molar refractivity (Wildman–Crippen MR) is 73.9 cm³/mol. The summed E-state index contributed by atoms with van der Waals surface area (Å²) in [5, 5.41) is 11.6. The minimum Gasteiger partial charge on any atom is -0.274 e. The molecule has 2 rings (SSSR count). The van der Waals surface area contributed by atoms with Gasteiger partial charge >= 0.3 is 0 Å². The van der Waals surface area contributed by atoms with Gasteiger partial charge in [0, 0.05) is 20.3 Å². The smallest absolute Gasteiger partial charge is 0.274 e. The van der Waals surface area contributed by atoms with Gasteiger partial charge in [-0.2, -0.15) is 19.7 Å².